The summed E-state index contributed by atoms with van der Waals surface area (Å²) in [7, 11) is 0. The molecule has 0 unspecified atom stereocenters. The van der Waals surface area contributed by atoms with Gasteiger partial charge in [0, 0.05) is 25.9 Å². The number of nitrogens with two attached hydrogens (primary N) is 1. The molecule has 1 aromatic rings. The minimum atomic E-state index is -0.374. The van der Waals surface area contributed by atoms with E-state index in [2.05, 4.69) is 6.92 Å². The van der Waals surface area contributed by atoms with Crippen molar-refractivity contribution in [1.29, 1.82) is 0 Å². The lowest BCUT2D eigenvalue weighted by molar-refractivity contribution is -0.135. The number of hydrogen-bond donors (Lipinski definition) is 1. The van der Waals surface area contributed by atoms with Crippen LogP contribution in [0.1, 0.15) is 33.1 Å². The van der Waals surface area contributed by atoms with Gasteiger partial charge >= 0.3 is 0 Å². The van der Waals surface area contributed by atoms with Crippen molar-refractivity contribution in [2.24, 2.45) is 11.7 Å². The van der Waals surface area contributed by atoms with Gasteiger partial charge in [-0.3, -0.25) is 4.79 Å². The third kappa shape index (κ3) is 4.21. The maximum atomic E-state index is 12.3. The SMILES string of the molecule is CC[C@H](C)[C@H](N)C(=O)N1CCC(Oc2ccccc2)CC1. The van der Waals surface area contributed by atoms with E-state index >= 15 is 0 Å². The van der Waals surface area contributed by atoms with Gasteiger partial charge in [-0.05, 0) is 18.1 Å². The van der Waals surface area contributed by atoms with Crippen LogP contribution in [0.25, 0.3) is 0 Å². The summed E-state index contributed by atoms with van der Waals surface area (Å²) in [5.74, 6) is 1.22. The smallest absolute Gasteiger partial charge is 0.239 e. The van der Waals surface area contributed by atoms with Gasteiger partial charge in [-0.2, -0.15) is 0 Å². The largest absolute Gasteiger partial charge is 0.490 e. The number of amides is 1. The molecule has 1 aliphatic heterocycles. The number of carbonyl (C=O) groups excluding carboxylic acids is 1. The van der Waals surface area contributed by atoms with Gasteiger partial charge in [0.2, 0.25) is 5.91 Å². The van der Waals surface area contributed by atoms with Gasteiger partial charge in [0.1, 0.15) is 11.9 Å². The van der Waals surface area contributed by atoms with Gasteiger partial charge < -0.3 is 15.4 Å². The number of benzene rings is 1. The summed E-state index contributed by atoms with van der Waals surface area (Å²) in [4.78, 5) is 14.2. The van der Waals surface area contributed by atoms with Crippen LogP contribution in [-0.4, -0.2) is 36.0 Å². The first kappa shape index (κ1) is 15.8. The van der Waals surface area contributed by atoms with E-state index in [1.165, 1.54) is 0 Å². The molecule has 0 saturated carbocycles. The van der Waals surface area contributed by atoms with Crippen LogP contribution in [0.5, 0.6) is 5.75 Å². The molecular formula is C17H26N2O2. The first-order chi connectivity index (χ1) is 10.1. The summed E-state index contributed by atoms with van der Waals surface area (Å²) in [6.45, 7) is 5.58. The first-order valence-corrected chi connectivity index (χ1v) is 7.88. The summed E-state index contributed by atoms with van der Waals surface area (Å²) >= 11 is 0. The Morgan fingerprint density at radius 2 is 1.95 bits per heavy atom. The van der Waals surface area contributed by atoms with Crippen LogP contribution in [0, 0.1) is 5.92 Å². The zero-order chi connectivity index (χ0) is 15.2. The summed E-state index contributed by atoms with van der Waals surface area (Å²) in [5.41, 5.74) is 6.04. The number of nitrogens with zero attached hydrogens (tertiary/aromatic N) is 1. The Morgan fingerprint density at radius 3 is 2.52 bits per heavy atom. The van der Waals surface area contributed by atoms with Gasteiger partial charge in [-0.15, -0.1) is 0 Å². The zero-order valence-corrected chi connectivity index (χ0v) is 13.0. The summed E-state index contributed by atoms with van der Waals surface area (Å²) in [6, 6.07) is 9.48. The summed E-state index contributed by atoms with van der Waals surface area (Å²) in [6.07, 6.45) is 2.86. The molecule has 4 nitrogen and oxygen atoms in total. The molecule has 1 aliphatic rings. The molecule has 1 saturated heterocycles. The number of para-hydroxylation sites is 1. The highest BCUT2D eigenvalue weighted by molar-refractivity contribution is 5.82. The number of ether oxygens (including phenoxy) is 1. The van der Waals surface area contributed by atoms with Crippen LogP contribution >= 0.6 is 0 Å². The fraction of sp³-hybridized carbons (Fsp3) is 0.588. The highest BCUT2D eigenvalue weighted by Crippen LogP contribution is 2.20. The molecule has 0 aliphatic carbocycles. The maximum absolute atomic E-state index is 12.3. The molecule has 2 rings (SSSR count). The standard InChI is InChI=1S/C17H26N2O2/c1-3-13(2)16(18)17(20)19-11-9-15(10-12-19)21-14-7-5-4-6-8-14/h4-8,13,15-16H,3,9-12,18H2,1-2H3/t13-,16-/m0/s1. The van der Waals surface area contributed by atoms with Crippen molar-refractivity contribution in [1.82, 2.24) is 4.90 Å². The zero-order valence-electron chi connectivity index (χ0n) is 13.0. The van der Waals surface area contributed by atoms with Gasteiger partial charge in [-0.25, -0.2) is 0 Å². The van der Waals surface area contributed by atoms with E-state index < -0.39 is 0 Å². The lowest BCUT2D eigenvalue weighted by Crippen LogP contribution is -2.50. The van der Waals surface area contributed by atoms with Gasteiger partial charge in [-0.1, -0.05) is 38.5 Å². The van der Waals surface area contributed by atoms with Crippen molar-refractivity contribution in [2.45, 2.75) is 45.3 Å². The molecule has 116 valence electrons. The predicted molar refractivity (Wildman–Crippen MR) is 84.1 cm³/mol. The molecule has 0 spiro atoms. The van der Waals surface area contributed by atoms with E-state index in [-0.39, 0.29) is 24.0 Å². The monoisotopic (exact) mass is 290 g/mol. The Morgan fingerprint density at radius 1 is 1.33 bits per heavy atom. The van der Waals surface area contributed by atoms with Gasteiger partial charge in [0.05, 0.1) is 6.04 Å². The van der Waals surface area contributed by atoms with Crippen molar-refractivity contribution in [3.63, 3.8) is 0 Å². The second-order valence-electron chi connectivity index (χ2n) is 5.87. The average molecular weight is 290 g/mol. The van der Waals surface area contributed by atoms with E-state index in [1.54, 1.807) is 0 Å². The topological polar surface area (TPSA) is 55.6 Å². The van der Waals surface area contributed by atoms with Crippen LogP contribution < -0.4 is 10.5 Å². The lowest BCUT2D eigenvalue weighted by Gasteiger charge is -2.34. The fourth-order valence-corrected chi connectivity index (χ4v) is 2.59. The Labute approximate surface area is 127 Å². The van der Waals surface area contributed by atoms with Gasteiger partial charge in [0.15, 0.2) is 0 Å². The quantitative estimate of drug-likeness (QED) is 0.906. The van der Waals surface area contributed by atoms with Crippen molar-refractivity contribution < 1.29 is 9.53 Å². The average Bonchev–Trinajstić information content (AvgIpc) is 2.54. The van der Waals surface area contributed by atoms with Gasteiger partial charge in [0.25, 0.3) is 0 Å². The highest BCUT2D eigenvalue weighted by atomic mass is 16.5. The van der Waals surface area contributed by atoms with E-state index in [4.69, 9.17) is 10.5 Å². The molecule has 1 aromatic carbocycles. The molecule has 1 fully saturated rings. The maximum Gasteiger partial charge on any atom is 0.239 e. The Bertz CT molecular complexity index is 441. The third-order valence-electron chi connectivity index (χ3n) is 4.34. The van der Waals surface area contributed by atoms with E-state index in [0.717, 1.165) is 38.1 Å². The first-order valence-electron chi connectivity index (χ1n) is 7.88. The van der Waals surface area contributed by atoms with Crippen LogP contribution in [0.2, 0.25) is 0 Å². The third-order valence-corrected chi connectivity index (χ3v) is 4.34. The fourth-order valence-electron chi connectivity index (χ4n) is 2.59. The molecule has 2 N–H and O–H groups in total. The molecule has 0 aromatic heterocycles. The second kappa shape index (κ2) is 7.46. The van der Waals surface area contributed by atoms with Crippen molar-refractivity contribution in [3.05, 3.63) is 30.3 Å². The molecule has 21 heavy (non-hydrogen) atoms. The summed E-state index contributed by atoms with van der Waals surface area (Å²) in [5, 5.41) is 0. The highest BCUT2D eigenvalue weighted by Gasteiger charge is 2.29. The summed E-state index contributed by atoms with van der Waals surface area (Å²) < 4.78 is 5.94. The minimum Gasteiger partial charge on any atom is -0.490 e. The molecular weight excluding hydrogens is 264 g/mol. The van der Waals surface area contributed by atoms with Crippen LogP contribution in [0.3, 0.4) is 0 Å². The van der Waals surface area contributed by atoms with E-state index in [0.29, 0.717) is 0 Å². The van der Waals surface area contributed by atoms with E-state index in [9.17, 15) is 4.79 Å². The number of piperidine rings is 1. The predicted octanol–water partition coefficient (Wildman–Crippen LogP) is 2.43. The number of rotatable bonds is 5. The molecule has 0 radical (unpaired) electrons. The van der Waals surface area contributed by atoms with E-state index in [1.807, 2.05) is 42.2 Å². The Balaban J connectivity index is 1.81. The lowest BCUT2D eigenvalue weighted by atomic mass is 9.97. The second-order valence-corrected chi connectivity index (χ2v) is 5.87. The minimum absolute atomic E-state index is 0.0857. The van der Waals surface area contributed by atoms with Crippen LogP contribution in [0.15, 0.2) is 30.3 Å². The molecule has 1 heterocycles. The Hall–Kier alpha value is -1.55. The molecule has 2 atom stereocenters. The molecule has 4 heteroatoms. The number of hydrogen-bond acceptors (Lipinski definition) is 3. The van der Waals surface area contributed by atoms with Crippen molar-refractivity contribution in [3.8, 4) is 5.75 Å². The number of carbonyl (C=O) groups is 1. The normalized spacial score (nSPS) is 19.1. The van der Waals surface area contributed by atoms with Crippen molar-refractivity contribution in [2.75, 3.05) is 13.1 Å². The van der Waals surface area contributed by atoms with Crippen LogP contribution in [0.4, 0.5) is 0 Å². The molecule has 0 bridgehead atoms. The van der Waals surface area contributed by atoms with Crippen LogP contribution in [-0.2, 0) is 4.79 Å². The number of likely N-dealkylation sites (tertiary alicyclic amines) is 1. The molecule has 1 amide bonds. The Kier molecular flexibility index (Phi) is 5.62. The van der Waals surface area contributed by atoms with Crippen molar-refractivity contribution >= 4 is 5.91 Å².